The number of hydrogen-bond donors (Lipinski definition) is 0. The highest BCUT2D eigenvalue weighted by atomic mass is 16.6. The van der Waals surface area contributed by atoms with E-state index in [4.69, 9.17) is 28.4 Å². The second-order valence-electron chi connectivity index (χ2n) is 24.0. The van der Waals surface area contributed by atoms with E-state index in [0.717, 1.165) is 74.5 Å². The van der Waals surface area contributed by atoms with E-state index in [1.807, 2.05) is 0 Å². The lowest BCUT2D eigenvalue weighted by molar-refractivity contribution is -0.0912. The van der Waals surface area contributed by atoms with E-state index < -0.39 is 0 Å². The van der Waals surface area contributed by atoms with Gasteiger partial charge in [0.25, 0.3) is 0 Å². The van der Waals surface area contributed by atoms with Gasteiger partial charge < -0.3 is 28.4 Å². The van der Waals surface area contributed by atoms with Crippen molar-refractivity contribution in [3.8, 4) is 0 Å². The molecule has 0 amide bonds. The maximum atomic E-state index is 6.45. The molecule has 7 nitrogen and oxygen atoms in total. The van der Waals surface area contributed by atoms with Gasteiger partial charge in [-0.2, -0.15) is 0 Å². The Balaban J connectivity index is 0.839. The summed E-state index contributed by atoms with van der Waals surface area (Å²) in [6, 6.07) is 0.627. The molecule has 0 spiro atoms. The van der Waals surface area contributed by atoms with Crippen LogP contribution in [0.2, 0.25) is 0 Å². The van der Waals surface area contributed by atoms with Crippen molar-refractivity contribution in [3.63, 3.8) is 0 Å². The van der Waals surface area contributed by atoms with Gasteiger partial charge in [-0.15, -0.1) is 0 Å². The lowest BCUT2D eigenvalue weighted by atomic mass is 9.44. The Morgan fingerprint density at radius 3 is 2.09 bits per heavy atom. The first-order chi connectivity index (χ1) is 33.6. The molecule has 69 heavy (non-hydrogen) atoms. The second-order valence-corrected chi connectivity index (χ2v) is 24.0. The van der Waals surface area contributed by atoms with E-state index in [9.17, 15) is 0 Å². The van der Waals surface area contributed by atoms with Crippen LogP contribution in [0.1, 0.15) is 215 Å². The molecule has 3 saturated carbocycles. The molecule has 0 aromatic carbocycles. The van der Waals surface area contributed by atoms with Crippen LogP contribution in [0.4, 0.5) is 0 Å². The number of likely N-dealkylation sites (tertiary alicyclic amines) is 1. The topological polar surface area (TPSA) is 58.6 Å². The van der Waals surface area contributed by atoms with Crippen LogP contribution in [0.5, 0.6) is 0 Å². The molecule has 0 N–H and O–H groups in total. The fraction of sp³-hybridized carbons (Fsp3) is 0.903. The smallest absolute Gasteiger partial charge is 0.0936 e. The molecule has 7 heteroatoms. The lowest BCUT2D eigenvalue weighted by Gasteiger charge is -2.61. The molecule has 1 saturated heterocycles. The van der Waals surface area contributed by atoms with Crippen LogP contribution >= 0.6 is 0 Å². The highest BCUT2D eigenvalue weighted by molar-refractivity contribution is 5.25. The van der Waals surface area contributed by atoms with Crippen molar-refractivity contribution >= 4 is 0 Å². The SMILES string of the molecule is CCCCC/C=C\C/C=C\CCCCCCCCOCC(CN1CCCC1C)OCCOCCOCCOCCOC1CCC2(C)C(=CCC3C4CCC(C(C)CCCC(C)C)CC4(C)CCC32)C1. The Labute approximate surface area is 426 Å². The molecule has 0 bridgehead atoms. The molecule has 4 aliphatic carbocycles. The molecule has 5 rings (SSSR count). The summed E-state index contributed by atoms with van der Waals surface area (Å²) in [5.41, 5.74) is 2.65. The number of rotatable bonds is 38. The maximum Gasteiger partial charge on any atom is 0.0936 e. The van der Waals surface area contributed by atoms with Gasteiger partial charge in [-0.25, -0.2) is 0 Å². The average Bonchev–Trinajstić information content (AvgIpc) is 3.74. The van der Waals surface area contributed by atoms with E-state index >= 15 is 0 Å². The third kappa shape index (κ3) is 21.0. The van der Waals surface area contributed by atoms with Gasteiger partial charge in [0, 0.05) is 19.2 Å². The minimum absolute atomic E-state index is 0.0863. The molecule has 0 aromatic heterocycles. The van der Waals surface area contributed by atoms with Gasteiger partial charge in [0.1, 0.15) is 0 Å². The Kier molecular flexibility index (Phi) is 28.7. The summed E-state index contributed by atoms with van der Waals surface area (Å²) >= 11 is 0. The summed E-state index contributed by atoms with van der Waals surface area (Å²) < 4.78 is 36.6. The van der Waals surface area contributed by atoms with Crippen LogP contribution in [0.3, 0.4) is 0 Å². The molecule has 1 heterocycles. The monoisotopic (exact) mass is 966 g/mol. The molecular formula is C62H111NO6. The van der Waals surface area contributed by atoms with E-state index in [0.29, 0.717) is 82.4 Å². The van der Waals surface area contributed by atoms with Crippen LogP contribution in [-0.2, 0) is 28.4 Å². The van der Waals surface area contributed by atoms with Gasteiger partial charge in [-0.05, 0) is 169 Å². The van der Waals surface area contributed by atoms with Gasteiger partial charge in [0.05, 0.1) is 71.7 Å². The standard InChI is InChI=1S/C62H111NO6/c1-8-9-10-11-12-13-14-15-16-17-18-19-20-21-22-23-38-67-50-57(49-63-37-25-28-53(63)5)69-46-44-66-42-40-64-39-41-65-43-45-68-56-33-36-62(7)55(47-56)30-31-58-59-32-29-54(52(4)27-24-26-51(2)3)48-61(59,6)35-34-60(58)62/h12-13,15-16,30,51-54,56-60H,8-11,14,17-29,31-50H2,1-7H3/b13-12-,16-15-. The van der Waals surface area contributed by atoms with Crippen molar-refractivity contribution in [1.29, 1.82) is 0 Å². The van der Waals surface area contributed by atoms with Crippen molar-refractivity contribution in [1.82, 2.24) is 4.90 Å². The van der Waals surface area contributed by atoms with Gasteiger partial charge >= 0.3 is 0 Å². The van der Waals surface area contributed by atoms with Gasteiger partial charge in [0.15, 0.2) is 0 Å². The molecule has 0 radical (unpaired) electrons. The Morgan fingerprint density at radius 2 is 1.38 bits per heavy atom. The predicted molar refractivity (Wildman–Crippen MR) is 290 cm³/mol. The summed E-state index contributed by atoms with van der Waals surface area (Å²) in [6.45, 7) is 25.7. The lowest BCUT2D eigenvalue weighted by Crippen LogP contribution is -2.52. The number of allylic oxidation sites excluding steroid dienone is 5. The Morgan fingerprint density at radius 1 is 0.681 bits per heavy atom. The quantitative estimate of drug-likeness (QED) is 0.0451. The summed E-state index contributed by atoms with van der Waals surface area (Å²) in [5, 5.41) is 0. The van der Waals surface area contributed by atoms with Crippen molar-refractivity contribution in [2.24, 2.45) is 46.3 Å². The normalized spacial score (nSPS) is 29.4. The van der Waals surface area contributed by atoms with Crippen LogP contribution < -0.4 is 0 Å². The van der Waals surface area contributed by atoms with E-state index in [1.165, 1.54) is 148 Å². The molecule has 5 aliphatic rings. The number of nitrogens with zero attached hydrogens (tertiary/aromatic N) is 1. The number of unbranched alkanes of at least 4 members (excludes halogenated alkanes) is 9. The third-order valence-electron chi connectivity index (χ3n) is 18.2. The van der Waals surface area contributed by atoms with Crippen LogP contribution in [0.15, 0.2) is 36.0 Å². The molecule has 10 atom stereocenters. The Bertz CT molecular complexity index is 1410. The molecular weight excluding hydrogens is 855 g/mol. The fourth-order valence-electron chi connectivity index (χ4n) is 13.8. The number of fused-ring (bicyclic) bond motifs is 5. The summed E-state index contributed by atoms with van der Waals surface area (Å²) in [5.74, 6) is 5.36. The maximum absolute atomic E-state index is 6.45. The molecule has 1 aliphatic heterocycles. The van der Waals surface area contributed by atoms with Crippen molar-refractivity contribution < 1.29 is 28.4 Å². The zero-order chi connectivity index (χ0) is 49.0. The van der Waals surface area contributed by atoms with Crippen molar-refractivity contribution in [2.45, 2.75) is 234 Å². The fourth-order valence-corrected chi connectivity index (χ4v) is 13.8. The largest absolute Gasteiger partial charge is 0.379 e. The predicted octanol–water partition coefficient (Wildman–Crippen LogP) is 15.6. The molecule has 400 valence electrons. The highest BCUT2D eigenvalue weighted by Crippen LogP contribution is 2.65. The number of hydrogen-bond acceptors (Lipinski definition) is 7. The van der Waals surface area contributed by atoms with E-state index in [2.05, 4.69) is 83.7 Å². The average molecular weight is 967 g/mol. The van der Waals surface area contributed by atoms with E-state index in [1.54, 1.807) is 5.57 Å². The zero-order valence-electron chi connectivity index (χ0n) is 46.3. The molecule has 0 aromatic rings. The summed E-state index contributed by atoms with van der Waals surface area (Å²) in [6.07, 6.45) is 46.7. The first kappa shape index (κ1) is 58.8. The van der Waals surface area contributed by atoms with Crippen LogP contribution in [0.25, 0.3) is 0 Å². The van der Waals surface area contributed by atoms with Crippen molar-refractivity contribution in [3.05, 3.63) is 36.0 Å². The van der Waals surface area contributed by atoms with Crippen LogP contribution in [-0.4, -0.2) is 102 Å². The summed E-state index contributed by atoms with van der Waals surface area (Å²) in [7, 11) is 0. The molecule has 10 unspecified atom stereocenters. The Hall–Kier alpha value is -1.06. The first-order valence-electron chi connectivity index (χ1n) is 29.9. The first-order valence-corrected chi connectivity index (χ1v) is 29.9. The zero-order valence-corrected chi connectivity index (χ0v) is 46.3. The van der Waals surface area contributed by atoms with Crippen LogP contribution in [0, 0.1) is 46.3 Å². The highest BCUT2D eigenvalue weighted by Gasteiger charge is 2.56. The molecule has 4 fully saturated rings. The minimum Gasteiger partial charge on any atom is -0.379 e. The van der Waals surface area contributed by atoms with Crippen molar-refractivity contribution in [2.75, 3.05) is 79.2 Å². The number of ether oxygens (including phenoxy) is 6. The third-order valence-corrected chi connectivity index (χ3v) is 18.2. The second kappa shape index (κ2) is 33.7. The minimum atomic E-state index is 0.0863. The van der Waals surface area contributed by atoms with Gasteiger partial charge in [-0.1, -0.05) is 135 Å². The van der Waals surface area contributed by atoms with Gasteiger partial charge in [0.2, 0.25) is 0 Å². The van der Waals surface area contributed by atoms with E-state index in [-0.39, 0.29) is 6.10 Å². The van der Waals surface area contributed by atoms with Gasteiger partial charge in [-0.3, -0.25) is 4.90 Å². The summed E-state index contributed by atoms with van der Waals surface area (Å²) in [4.78, 5) is 2.56.